The summed E-state index contributed by atoms with van der Waals surface area (Å²) < 4.78 is 0. The van der Waals surface area contributed by atoms with Crippen LogP contribution in [0.5, 0.6) is 0 Å². The van der Waals surface area contributed by atoms with Gasteiger partial charge < -0.3 is 5.32 Å². The van der Waals surface area contributed by atoms with Crippen LogP contribution in [-0.2, 0) is 4.79 Å². The fourth-order valence-electron chi connectivity index (χ4n) is 2.64. The highest BCUT2D eigenvalue weighted by molar-refractivity contribution is 6.31. The van der Waals surface area contributed by atoms with Gasteiger partial charge in [-0.25, -0.2) is 5.43 Å². The molecule has 4 rings (SSSR count). The quantitative estimate of drug-likeness (QED) is 0.792. The Labute approximate surface area is 127 Å². The number of carbonyl (C=O) groups is 1. The molecule has 1 amide bonds. The molecule has 0 atom stereocenters. The van der Waals surface area contributed by atoms with Gasteiger partial charge in [0.1, 0.15) is 5.71 Å². The third-order valence-electron chi connectivity index (χ3n) is 3.71. The summed E-state index contributed by atoms with van der Waals surface area (Å²) in [5, 5.41) is 7.51. The zero-order valence-corrected chi connectivity index (χ0v) is 11.7. The molecule has 0 saturated carbocycles. The van der Waals surface area contributed by atoms with Crippen LogP contribution in [0, 0.1) is 0 Å². The number of carbonyl (C=O) groups excluding carboxylic acids is 1. The van der Waals surface area contributed by atoms with Crippen molar-refractivity contribution in [2.24, 2.45) is 5.10 Å². The molecular weight excluding hydrogens is 274 g/mol. The van der Waals surface area contributed by atoms with E-state index in [1.807, 2.05) is 66.7 Å². The molecule has 0 unspecified atom stereocenters. The molecule has 22 heavy (non-hydrogen) atoms. The van der Waals surface area contributed by atoms with Crippen molar-refractivity contribution in [3.8, 4) is 0 Å². The molecule has 2 aliphatic heterocycles. The molecule has 0 bridgehead atoms. The second kappa shape index (κ2) is 5.00. The summed E-state index contributed by atoms with van der Waals surface area (Å²) in [5.74, 6) is -0.189. The predicted molar refractivity (Wildman–Crippen MR) is 87.2 cm³/mol. The summed E-state index contributed by atoms with van der Waals surface area (Å²) in [4.78, 5) is 12.2. The van der Waals surface area contributed by atoms with E-state index in [1.165, 1.54) is 0 Å². The van der Waals surface area contributed by atoms with Crippen LogP contribution < -0.4 is 10.7 Å². The third kappa shape index (κ3) is 2.02. The van der Waals surface area contributed by atoms with Gasteiger partial charge in [0.05, 0.1) is 11.3 Å². The fraction of sp³-hybridized carbons (Fsp3) is 0. The van der Waals surface area contributed by atoms with Gasteiger partial charge in [-0.3, -0.25) is 4.79 Å². The van der Waals surface area contributed by atoms with Crippen molar-refractivity contribution >= 4 is 23.4 Å². The van der Waals surface area contributed by atoms with Crippen LogP contribution >= 0.6 is 0 Å². The molecule has 2 aromatic rings. The van der Waals surface area contributed by atoms with E-state index in [4.69, 9.17) is 0 Å². The minimum Gasteiger partial charge on any atom is -0.354 e. The van der Waals surface area contributed by atoms with Crippen molar-refractivity contribution in [3.05, 3.63) is 83.1 Å². The largest absolute Gasteiger partial charge is 0.354 e. The predicted octanol–water partition coefficient (Wildman–Crippen LogP) is 2.91. The summed E-state index contributed by atoms with van der Waals surface area (Å²) >= 11 is 0. The fourth-order valence-corrected chi connectivity index (χ4v) is 2.64. The highest BCUT2D eigenvalue weighted by Crippen LogP contribution is 2.28. The van der Waals surface area contributed by atoms with Crippen LogP contribution in [0.4, 0.5) is 5.69 Å². The number of nitrogens with one attached hydrogen (secondary N) is 2. The normalized spacial score (nSPS) is 19.3. The number of fused-ring (bicyclic) bond motifs is 1. The van der Waals surface area contributed by atoms with Crippen LogP contribution in [0.15, 0.2) is 77.0 Å². The van der Waals surface area contributed by atoms with E-state index in [0.29, 0.717) is 11.3 Å². The van der Waals surface area contributed by atoms with E-state index >= 15 is 0 Å². The molecule has 2 N–H and O–H groups in total. The number of hydrazone groups is 1. The monoisotopic (exact) mass is 287 g/mol. The number of allylic oxidation sites excluding steroid dienone is 1. The molecule has 0 fully saturated rings. The average molecular weight is 287 g/mol. The maximum absolute atomic E-state index is 12.2. The molecule has 0 spiro atoms. The Morgan fingerprint density at radius 2 is 1.64 bits per heavy atom. The molecule has 2 aliphatic rings. The third-order valence-corrected chi connectivity index (χ3v) is 3.71. The molecule has 106 valence electrons. The Kier molecular flexibility index (Phi) is 2.86. The molecule has 0 saturated heterocycles. The topological polar surface area (TPSA) is 53.5 Å². The van der Waals surface area contributed by atoms with Crippen LogP contribution in [0.25, 0.3) is 6.08 Å². The minimum absolute atomic E-state index is 0.189. The number of para-hydroxylation sites is 1. The second-order valence-corrected chi connectivity index (χ2v) is 5.10. The molecule has 2 heterocycles. The Hall–Kier alpha value is -3.14. The van der Waals surface area contributed by atoms with E-state index in [-0.39, 0.29) is 5.91 Å². The Bertz CT molecular complexity index is 848. The van der Waals surface area contributed by atoms with Gasteiger partial charge in [0.15, 0.2) is 0 Å². The molecule has 0 aromatic heterocycles. The zero-order valence-electron chi connectivity index (χ0n) is 11.7. The van der Waals surface area contributed by atoms with E-state index in [0.717, 1.165) is 22.5 Å². The molecule has 0 radical (unpaired) electrons. The first-order chi connectivity index (χ1) is 10.8. The minimum atomic E-state index is -0.189. The summed E-state index contributed by atoms with van der Waals surface area (Å²) in [7, 11) is 0. The number of amides is 1. The van der Waals surface area contributed by atoms with Gasteiger partial charge in [-0.2, -0.15) is 5.10 Å². The lowest BCUT2D eigenvalue weighted by Gasteiger charge is -2.17. The van der Waals surface area contributed by atoms with Crippen molar-refractivity contribution in [1.29, 1.82) is 0 Å². The Morgan fingerprint density at radius 3 is 2.50 bits per heavy atom. The van der Waals surface area contributed by atoms with Crippen LogP contribution in [0.2, 0.25) is 0 Å². The van der Waals surface area contributed by atoms with Crippen molar-refractivity contribution in [3.63, 3.8) is 0 Å². The first-order valence-corrected chi connectivity index (χ1v) is 7.05. The second-order valence-electron chi connectivity index (χ2n) is 5.10. The number of hydrogen-bond acceptors (Lipinski definition) is 3. The molecular formula is C18H13N3O. The molecule has 4 heteroatoms. The smallest absolute Gasteiger partial charge is 0.275 e. The highest BCUT2D eigenvalue weighted by Gasteiger charge is 2.28. The van der Waals surface area contributed by atoms with Gasteiger partial charge >= 0.3 is 0 Å². The maximum atomic E-state index is 12.2. The number of nitrogens with zero attached hydrogens (tertiary/aromatic N) is 1. The van der Waals surface area contributed by atoms with Gasteiger partial charge in [-0.1, -0.05) is 54.6 Å². The van der Waals surface area contributed by atoms with E-state index in [1.54, 1.807) is 0 Å². The van der Waals surface area contributed by atoms with E-state index in [9.17, 15) is 4.79 Å². The van der Waals surface area contributed by atoms with Crippen molar-refractivity contribution in [2.75, 3.05) is 5.32 Å². The zero-order chi connectivity index (χ0) is 14.9. The van der Waals surface area contributed by atoms with Gasteiger partial charge in [-0.15, -0.1) is 0 Å². The molecule has 2 aromatic carbocycles. The summed E-state index contributed by atoms with van der Waals surface area (Å²) in [6, 6.07) is 17.7. The average Bonchev–Trinajstić information content (AvgIpc) is 2.97. The maximum Gasteiger partial charge on any atom is 0.275 e. The van der Waals surface area contributed by atoms with Crippen molar-refractivity contribution in [2.45, 2.75) is 0 Å². The van der Waals surface area contributed by atoms with Crippen LogP contribution in [-0.4, -0.2) is 11.6 Å². The van der Waals surface area contributed by atoms with Gasteiger partial charge in [0, 0.05) is 11.3 Å². The van der Waals surface area contributed by atoms with Crippen molar-refractivity contribution < 1.29 is 4.79 Å². The Morgan fingerprint density at radius 1 is 0.864 bits per heavy atom. The molecule has 0 aliphatic carbocycles. The lowest BCUT2D eigenvalue weighted by atomic mass is 9.98. The van der Waals surface area contributed by atoms with E-state index < -0.39 is 0 Å². The standard InChI is InChI=1S/C18H13N3O/c22-18-16(17(20-21-18)13-7-2-1-3-8-13)15-11-10-12-6-4-5-9-14(12)19-15/h1-11,19H,(H,21,22). The number of rotatable bonds is 1. The summed E-state index contributed by atoms with van der Waals surface area (Å²) in [6.07, 6.45) is 3.92. The van der Waals surface area contributed by atoms with Crippen molar-refractivity contribution in [1.82, 2.24) is 5.43 Å². The molecule has 4 nitrogen and oxygen atoms in total. The van der Waals surface area contributed by atoms with E-state index in [2.05, 4.69) is 15.8 Å². The van der Waals surface area contributed by atoms with Crippen LogP contribution in [0.3, 0.4) is 0 Å². The number of anilines is 1. The first-order valence-electron chi connectivity index (χ1n) is 7.05. The number of hydrogen-bond donors (Lipinski definition) is 2. The van der Waals surface area contributed by atoms with Gasteiger partial charge in [0.2, 0.25) is 0 Å². The highest BCUT2D eigenvalue weighted by atomic mass is 16.2. The number of benzene rings is 2. The summed E-state index contributed by atoms with van der Waals surface area (Å²) in [5.41, 5.74) is 7.55. The van der Waals surface area contributed by atoms with Crippen LogP contribution in [0.1, 0.15) is 11.1 Å². The lowest BCUT2D eigenvalue weighted by Crippen LogP contribution is -2.19. The van der Waals surface area contributed by atoms with Gasteiger partial charge in [0.25, 0.3) is 5.91 Å². The SMILES string of the molecule is O=C1NN=C(c2ccccc2)C1=C1C=Cc2ccccc2N1. The Balaban J connectivity index is 1.81. The lowest BCUT2D eigenvalue weighted by molar-refractivity contribution is -0.116. The first kappa shape index (κ1) is 12.6. The van der Waals surface area contributed by atoms with Gasteiger partial charge in [-0.05, 0) is 17.7 Å². The summed E-state index contributed by atoms with van der Waals surface area (Å²) in [6.45, 7) is 0.